The minimum Gasteiger partial charge on any atom is -0.319 e. The number of hydrogen-bond donors (Lipinski definition) is 1. The van der Waals surface area contributed by atoms with Crippen molar-refractivity contribution in [3.63, 3.8) is 0 Å². The van der Waals surface area contributed by atoms with Crippen molar-refractivity contribution in [2.75, 3.05) is 5.43 Å². The van der Waals surface area contributed by atoms with Gasteiger partial charge in [0.1, 0.15) is 4.64 Å². The smallest absolute Gasteiger partial charge is 0.159 e. The van der Waals surface area contributed by atoms with Crippen molar-refractivity contribution in [3.8, 4) is 0 Å². The largest absolute Gasteiger partial charge is 0.319 e. The predicted molar refractivity (Wildman–Crippen MR) is 94.1 cm³/mol. The summed E-state index contributed by atoms with van der Waals surface area (Å²) in [5, 5.41) is 1.11. The molecule has 0 amide bonds. The molecular weight excluding hydrogens is 290 g/mol. The molecule has 4 heteroatoms. The molecule has 0 bridgehead atoms. The van der Waals surface area contributed by atoms with Crippen LogP contribution in [0, 0.1) is 4.64 Å². The second-order valence-electron chi connectivity index (χ2n) is 5.30. The highest BCUT2D eigenvalue weighted by Gasteiger charge is 2.07. The van der Waals surface area contributed by atoms with Crippen molar-refractivity contribution in [1.29, 1.82) is 0 Å². The molecule has 0 spiro atoms. The highest BCUT2D eigenvalue weighted by atomic mass is 32.1. The molecule has 0 unspecified atom stereocenters. The van der Waals surface area contributed by atoms with Gasteiger partial charge in [0.2, 0.25) is 0 Å². The molecular formula is C18H19N3S. The fourth-order valence-corrected chi connectivity index (χ4v) is 2.87. The number of rotatable bonds is 5. The average Bonchev–Trinajstić information content (AvgIpc) is 2.56. The maximum Gasteiger partial charge on any atom is 0.159 e. The molecule has 0 saturated carbocycles. The van der Waals surface area contributed by atoms with Gasteiger partial charge in [0.25, 0.3) is 0 Å². The maximum atomic E-state index is 5.66. The molecule has 22 heavy (non-hydrogen) atoms. The van der Waals surface area contributed by atoms with E-state index in [0.717, 1.165) is 35.1 Å². The molecule has 3 rings (SSSR count). The molecule has 1 N–H and O–H groups in total. The lowest BCUT2D eigenvalue weighted by Gasteiger charge is -2.15. The Balaban J connectivity index is 2.02. The van der Waals surface area contributed by atoms with Crippen LogP contribution in [0.15, 0.2) is 54.7 Å². The second kappa shape index (κ2) is 6.71. The van der Waals surface area contributed by atoms with Crippen LogP contribution in [0.4, 0.5) is 0 Å². The third-order valence-corrected chi connectivity index (χ3v) is 4.08. The van der Waals surface area contributed by atoms with Crippen molar-refractivity contribution < 1.29 is 0 Å². The van der Waals surface area contributed by atoms with Gasteiger partial charge in [0.05, 0.1) is 6.54 Å². The van der Waals surface area contributed by atoms with Crippen LogP contribution in [0.3, 0.4) is 0 Å². The standard InChI is InChI=1S/C18H19N3S/c1-2-7-16-12-15-10-6-11-19-17(15)21(18(16)22)20-13-14-8-4-3-5-9-14/h3-6,8-12,20H,2,7,13H2,1H3. The Labute approximate surface area is 135 Å². The summed E-state index contributed by atoms with van der Waals surface area (Å²) in [5.74, 6) is 0. The fourth-order valence-electron chi connectivity index (χ4n) is 2.56. The van der Waals surface area contributed by atoms with E-state index in [0.29, 0.717) is 0 Å². The Kier molecular flexibility index (Phi) is 4.49. The first-order chi connectivity index (χ1) is 10.8. The van der Waals surface area contributed by atoms with Crippen molar-refractivity contribution in [2.45, 2.75) is 26.3 Å². The van der Waals surface area contributed by atoms with E-state index in [-0.39, 0.29) is 0 Å². The molecule has 2 aromatic heterocycles. The quantitative estimate of drug-likeness (QED) is 0.706. The van der Waals surface area contributed by atoms with Crippen molar-refractivity contribution in [1.82, 2.24) is 9.66 Å². The van der Waals surface area contributed by atoms with Gasteiger partial charge in [0, 0.05) is 11.6 Å². The zero-order chi connectivity index (χ0) is 15.4. The lowest BCUT2D eigenvalue weighted by Crippen LogP contribution is -2.18. The van der Waals surface area contributed by atoms with Gasteiger partial charge in [-0.15, -0.1) is 0 Å². The lowest BCUT2D eigenvalue weighted by atomic mass is 10.1. The van der Waals surface area contributed by atoms with Crippen LogP contribution in [-0.2, 0) is 13.0 Å². The highest BCUT2D eigenvalue weighted by Crippen LogP contribution is 2.17. The van der Waals surface area contributed by atoms with Crippen LogP contribution in [0.5, 0.6) is 0 Å². The number of fused-ring (bicyclic) bond motifs is 1. The van der Waals surface area contributed by atoms with E-state index in [2.05, 4.69) is 41.6 Å². The van der Waals surface area contributed by atoms with E-state index >= 15 is 0 Å². The van der Waals surface area contributed by atoms with E-state index < -0.39 is 0 Å². The van der Waals surface area contributed by atoms with Gasteiger partial charge in [0.15, 0.2) is 5.65 Å². The summed E-state index contributed by atoms with van der Waals surface area (Å²) >= 11 is 5.66. The lowest BCUT2D eigenvalue weighted by molar-refractivity contribution is 0.815. The van der Waals surface area contributed by atoms with Gasteiger partial charge in [-0.25, -0.2) is 9.66 Å². The van der Waals surface area contributed by atoms with Crippen LogP contribution in [0.1, 0.15) is 24.5 Å². The summed E-state index contributed by atoms with van der Waals surface area (Å²) in [6.07, 6.45) is 3.86. The number of hydrogen-bond acceptors (Lipinski definition) is 3. The molecule has 2 heterocycles. The molecule has 112 valence electrons. The number of benzene rings is 1. The van der Waals surface area contributed by atoms with Gasteiger partial charge in [-0.1, -0.05) is 55.9 Å². The SMILES string of the molecule is CCCc1cc2cccnc2n(NCc2ccccc2)c1=S. The molecule has 0 aliphatic heterocycles. The topological polar surface area (TPSA) is 29.9 Å². The minimum absolute atomic E-state index is 0.719. The minimum atomic E-state index is 0.719. The number of aromatic nitrogens is 2. The van der Waals surface area contributed by atoms with Crippen molar-refractivity contribution in [3.05, 3.63) is 70.5 Å². The first-order valence-electron chi connectivity index (χ1n) is 7.57. The molecule has 0 atom stereocenters. The summed E-state index contributed by atoms with van der Waals surface area (Å²) in [5.41, 5.74) is 6.71. The molecule has 0 saturated heterocycles. The summed E-state index contributed by atoms with van der Waals surface area (Å²) in [6, 6.07) is 16.5. The third kappa shape index (κ3) is 3.02. The maximum absolute atomic E-state index is 5.66. The molecule has 0 aliphatic carbocycles. The number of nitrogens with one attached hydrogen (secondary N) is 1. The second-order valence-corrected chi connectivity index (χ2v) is 5.68. The Morgan fingerprint density at radius 2 is 1.95 bits per heavy atom. The zero-order valence-electron chi connectivity index (χ0n) is 12.6. The highest BCUT2D eigenvalue weighted by molar-refractivity contribution is 7.71. The van der Waals surface area contributed by atoms with Gasteiger partial charge in [-0.2, -0.15) is 0 Å². The number of aryl methyl sites for hydroxylation is 1. The number of nitrogens with zero attached hydrogens (tertiary/aromatic N) is 2. The average molecular weight is 309 g/mol. The molecule has 0 fully saturated rings. The third-order valence-electron chi connectivity index (χ3n) is 3.64. The van der Waals surface area contributed by atoms with Crippen LogP contribution >= 0.6 is 12.2 Å². The van der Waals surface area contributed by atoms with Crippen LogP contribution in [-0.4, -0.2) is 9.66 Å². The molecule has 3 nitrogen and oxygen atoms in total. The summed E-state index contributed by atoms with van der Waals surface area (Å²) in [6.45, 7) is 2.89. The molecule has 3 aromatic rings. The van der Waals surface area contributed by atoms with E-state index in [1.165, 1.54) is 11.1 Å². The monoisotopic (exact) mass is 309 g/mol. The predicted octanol–water partition coefficient (Wildman–Crippen LogP) is 4.46. The van der Waals surface area contributed by atoms with E-state index in [4.69, 9.17) is 12.2 Å². The van der Waals surface area contributed by atoms with Gasteiger partial charge >= 0.3 is 0 Å². The van der Waals surface area contributed by atoms with Crippen LogP contribution in [0.25, 0.3) is 11.0 Å². The number of pyridine rings is 2. The zero-order valence-corrected chi connectivity index (χ0v) is 13.4. The molecule has 1 aromatic carbocycles. The van der Waals surface area contributed by atoms with Gasteiger partial charge < -0.3 is 5.43 Å². The Morgan fingerprint density at radius 1 is 1.14 bits per heavy atom. The van der Waals surface area contributed by atoms with Gasteiger partial charge in [-0.3, -0.25) is 0 Å². The Morgan fingerprint density at radius 3 is 2.73 bits per heavy atom. The molecule has 0 radical (unpaired) electrons. The Bertz CT molecular complexity index is 825. The normalized spacial score (nSPS) is 10.8. The van der Waals surface area contributed by atoms with Crippen molar-refractivity contribution >= 4 is 23.3 Å². The Hall–Kier alpha value is -2.20. The van der Waals surface area contributed by atoms with Gasteiger partial charge in [-0.05, 0) is 35.7 Å². The fraction of sp³-hybridized carbons (Fsp3) is 0.222. The van der Waals surface area contributed by atoms with Crippen LogP contribution < -0.4 is 5.43 Å². The first-order valence-corrected chi connectivity index (χ1v) is 7.98. The van der Waals surface area contributed by atoms with Crippen molar-refractivity contribution in [2.24, 2.45) is 0 Å². The first kappa shape index (κ1) is 14.7. The van der Waals surface area contributed by atoms with Crippen LogP contribution in [0.2, 0.25) is 0 Å². The van der Waals surface area contributed by atoms with E-state index in [9.17, 15) is 0 Å². The summed E-state index contributed by atoms with van der Waals surface area (Å²) < 4.78 is 2.77. The van der Waals surface area contributed by atoms with E-state index in [1.54, 1.807) is 6.20 Å². The van der Waals surface area contributed by atoms with E-state index in [1.807, 2.05) is 28.9 Å². The molecule has 0 aliphatic rings. The summed E-state index contributed by atoms with van der Waals surface area (Å²) in [7, 11) is 0. The summed E-state index contributed by atoms with van der Waals surface area (Å²) in [4.78, 5) is 4.49.